The molecule has 122 valence electrons. The fraction of sp³-hybridized carbons (Fsp3) is 0.294. The van der Waals surface area contributed by atoms with Crippen LogP contribution in [0.4, 0.5) is 0 Å². The summed E-state index contributed by atoms with van der Waals surface area (Å²) in [6.07, 6.45) is 6.95. The Balaban J connectivity index is 0.00000264. The van der Waals surface area contributed by atoms with Crippen LogP contribution in [0.15, 0.2) is 39.9 Å². The summed E-state index contributed by atoms with van der Waals surface area (Å²) in [5.41, 5.74) is 2.22. The molecule has 0 aliphatic heterocycles. The SMILES string of the molecule is C#CCNC(=NCc1ncc(-c2ccc(C)cc2)o1)NCC.I. The number of benzene rings is 1. The van der Waals surface area contributed by atoms with E-state index in [2.05, 4.69) is 33.5 Å². The van der Waals surface area contributed by atoms with Crippen molar-refractivity contribution in [2.75, 3.05) is 13.1 Å². The standard InChI is InChI=1S/C17H20N4O.HI/c1-4-10-19-17(18-5-2)21-12-16-20-11-15(22-16)14-8-6-13(3)7-9-14;/h1,6-9,11H,5,10,12H2,2-3H3,(H2,18,19,21);1H. The van der Waals surface area contributed by atoms with Gasteiger partial charge in [0, 0.05) is 12.1 Å². The molecule has 23 heavy (non-hydrogen) atoms. The van der Waals surface area contributed by atoms with Crippen molar-refractivity contribution < 1.29 is 4.42 Å². The molecule has 0 spiro atoms. The maximum absolute atomic E-state index is 5.73. The highest BCUT2D eigenvalue weighted by Gasteiger charge is 2.06. The summed E-state index contributed by atoms with van der Waals surface area (Å²) in [6.45, 7) is 5.58. The number of nitrogens with one attached hydrogen (secondary N) is 2. The van der Waals surface area contributed by atoms with Gasteiger partial charge in [-0.3, -0.25) is 0 Å². The van der Waals surface area contributed by atoms with Gasteiger partial charge in [-0.2, -0.15) is 0 Å². The van der Waals surface area contributed by atoms with Crippen molar-refractivity contribution >= 4 is 29.9 Å². The lowest BCUT2D eigenvalue weighted by Gasteiger charge is -2.07. The van der Waals surface area contributed by atoms with Gasteiger partial charge in [-0.25, -0.2) is 9.98 Å². The third kappa shape index (κ3) is 5.94. The van der Waals surface area contributed by atoms with Crippen molar-refractivity contribution in [1.82, 2.24) is 15.6 Å². The van der Waals surface area contributed by atoms with Crippen LogP contribution in [-0.4, -0.2) is 24.0 Å². The van der Waals surface area contributed by atoms with Crippen molar-refractivity contribution in [1.29, 1.82) is 0 Å². The van der Waals surface area contributed by atoms with E-state index in [-0.39, 0.29) is 24.0 Å². The highest BCUT2D eigenvalue weighted by Crippen LogP contribution is 2.20. The lowest BCUT2D eigenvalue weighted by molar-refractivity contribution is 0.509. The third-order valence-corrected chi connectivity index (χ3v) is 2.96. The van der Waals surface area contributed by atoms with E-state index in [1.807, 2.05) is 31.2 Å². The molecular weight excluding hydrogens is 403 g/mol. The van der Waals surface area contributed by atoms with Crippen LogP contribution in [0.5, 0.6) is 0 Å². The summed E-state index contributed by atoms with van der Waals surface area (Å²) >= 11 is 0. The smallest absolute Gasteiger partial charge is 0.216 e. The zero-order chi connectivity index (χ0) is 15.8. The molecule has 0 radical (unpaired) electrons. The Morgan fingerprint density at radius 1 is 1.30 bits per heavy atom. The Kier molecular flexibility index (Phi) is 8.19. The molecule has 5 nitrogen and oxygen atoms in total. The summed E-state index contributed by atoms with van der Waals surface area (Å²) in [6, 6.07) is 8.12. The van der Waals surface area contributed by atoms with E-state index in [1.165, 1.54) is 5.56 Å². The first-order valence-corrected chi connectivity index (χ1v) is 7.20. The molecule has 0 saturated heterocycles. The second-order valence-electron chi connectivity index (χ2n) is 4.74. The fourth-order valence-corrected chi connectivity index (χ4v) is 1.86. The summed E-state index contributed by atoms with van der Waals surface area (Å²) in [5.74, 6) is 4.47. The second-order valence-corrected chi connectivity index (χ2v) is 4.74. The predicted molar refractivity (Wildman–Crippen MR) is 104 cm³/mol. The lowest BCUT2D eigenvalue weighted by atomic mass is 10.1. The number of aryl methyl sites for hydroxylation is 1. The minimum atomic E-state index is 0. The molecule has 0 aliphatic rings. The number of aliphatic imine (C=N–C) groups is 1. The molecule has 2 N–H and O–H groups in total. The first-order valence-electron chi connectivity index (χ1n) is 7.20. The van der Waals surface area contributed by atoms with Crippen LogP contribution in [0.3, 0.4) is 0 Å². The molecule has 0 saturated carbocycles. The van der Waals surface area contributed by atoms with Crippen molar-refractivity contribution in [3.05, 3.63) is 41.9 Å². The minimum absolute atomic E-state index is 0. The molecule has 1 aromatic carbocycles. The van der Waals surface area contributed by atoms with Crippen molar-refractivity contribution in [2.45, 2.75) is 20.4 Å². The number of terminal acetylenes is 1. The maximum Gasteiger partial charge on any atom is 0.216 e. The first-order chi connectivity index (χ1) is 10.7. The van der Waals surface area contributed by atoms with Gasteiger partial charge >= 0.3 is 0 Å². The third-order valence-electron chi connectivity index (χ3n) is 2.96. The first kappa shape index (κ1) is 19.0. The Bertz CT molecular complexity index is 671. The minimum Gasteiger partial charge on any atom is -0.439 e. The van der Waals surface area contributed by atoms with Gasteiger partial charge < -0.3 is 15.1 Å². The number of hydrogen-bond donors (Lipinski definition) is 2. The molecule has 0 unspecified atom stereocenters. The summed E-state index contributed by atoms with van der Waals surface area (Å²) < 4.78 is 5.73. The van der Waals surface area contributed by atoms with Crippen LogP contribution in [0.2, 0.25) is 0 Å². The van der Waals surface area contributed by atoms with E-state index < -0.39 is 0 Å². The van der Waals surface area contributed by atoms with Crippen LogP contribution in [0.25, 0.3) is 11.3 Å². The number of oxazole rings is 1. The molecule has 0 bridgehead atoms. The molecule has 0 fully saturated rings. The molecule has 1 aromatic heterocycles. The van der Waals surface area contributed by atoms with Crippen LogP contribution >= 0.6 is 24.0 Å². The highest BCUT2D eigenvalue weighted by atomic mass is 127. The van der Waals surface area contributed by atoms with Gasteiger partial charge in [0.2, 0.25) is 5.89 Å². The molecule has 0 amide bonds. The van der Waals surface area contributed by atoms with E-state index in [4.69, 9.17) is 10.8 Å². The largest absolute Gasteiger partial charge is 0.439 e. The lowest BCUT2D eigenvalue weighted by Crippen LogP contribution is -2.37. The van der Waals surface area contributed by atoms with Gasteiger partial charge in [0.1, 0.15) is 6.54 Å². The summed E-state index contributed by atoms with van der Waals surface area (Å²) in [5, 5.41) is 6.12. The van der Waals surface area contributed by atoms with E-state index in [9.17, 15) is 0 Å². The van der Waals surface area contributed by atoms with Gasteiger partial charge in [0.25, 0.3) is 0 Å². The monoisotopic (exact) mass is 424 g/mol. The van der Waals surface area contributed by atoms with Gasteiger partial charge in [-0.05, 0) is 13.8 Å². The Labute approximate surface area is 154 Å². The normalized spacial score (nSPS) is 10.6. The number of aromatic nitrogens is 1. The van der Waals surface area contributed by atoms with E-state index in [1.54, 1.807) is 6.20 Å². The zero-order valence-corrected chi connectivity index (χ0v) is 15.6. The fourth-order valence-electron chi connectivity index (χ4n) is 1.86. The Morgan fingerprint density at radius 3 is 2.70 bits per heavy atom. The molecule has 0 aliphatic carbocycles. The number of halogens is 1. The molecule has 1 heterocycles. The molecular formula is C17H21IN4O. The van der Waals surface area contributed by atoms with Crippen molar-refractivity contribution in [3.8, 4) is 23.7 Å². The van der Waals surface area contributed by atoms with Crippen LogP contribution in [0.1, 0.15) is 18.4 Å². The summed E-state index contributed by atoms with van der Waals surface area (Å²) in [4.78, 5) is 8.64. The Hall–Kier alpha value is -2.01. The van der Waals surface area contributed by atoms with E-state index >= 15 is 0 Å². The number of rotatable bonds is 5. The number of guanidine groups is 1. The zero-order valence-electron chi connectivity index (χ0n) is 13.3. The van der Waals surface area contributed by atoms with Crippen molar-refractivity contribution in [3.63, 3.8) is 0 Å². The highest BCUT2D eigenvalue weighted by molar-refractivity contribution is 14.0. The summed E-state index contributed by atoms with van der Waals surface area (Å²) in [7, 11) is 0. The van der Waals surface area contributed by atoms with Crippen LogP contribution in [0, 0.1) is 19.3 Å². The van der Waals surface area contributed by atoms with Gasteiger partial charge in [0.15, 0.2) is 11.7 Å². The second kappa shape index (κ2) is 9.90. The van der Waals surface area contributed by atoms with Gasteiger partial charge in [0.05, 0.1) is 12.7 Å². The van der Waals surface area contributed by atoms with Crippen molar-refractivity contribution in [2.24, 2.45) is 4.99 Å². The molecule has 0 atom stereocenters. The quantitative estimate of drug-likeness (QED) is 0.336. The molecule has 2 aromatic rings. The predicted octanol–water partition coefficient (Wildman–Crippen LogP) is 2.96. The van der Waals surface area contributed by atoms with E-state index in [0.717, 1.165) is 17.9 Å². The Morgan fingerprint density at radius 2 is 2.04 bits per heavy atom. The molecule has 2 rings (SSSR count). The van der Waals surface area contributed by atoms with Gasteiger partial charge in [-0.1, -0.05) is 35.7 Å². The van der Waals surface area contributed by atoms with E-state index in [0.29, 0.717) is 24.9 Å². The van der Waals surface area contributed by atoms with Gasteiger partial charge in [-0.15, -0.1) is 30.4 Å². The topological polar surface area (TPSA) is 62.5 Å². The average Bonchev–Trinajstić information content (AvgIpc) is 3.00. The maximum atomic E-state index is 5.73. The average molecular weight is 424 g/mol. The number of hydrogen-bond acceptors (Lipinski definition) is 3. The van der Waals surface area contributed by atoms with Crippen LogP contribution < -0.4 is 10.6 Å². The number of nitrogens with zero attached hydrogens (tertiary/aromatic N) is 2. The molecule has 6 heteroatoms. The van der Waals surface area contributed by atoms with Crippen LogP contribution in [-0.2, 0) is 6.54 Å².